The number of aromatic nitrogens is 2. The van der Waals surface area contributed by atoms with Crippen molar-refractivity contribution in [3.63, 3.8) is 0 Å². The minimum atomic E-state index is -0.554. The van der Waals surface area contributed by atoms with E-state index in [-0.39, 0.29) is 17.3 Å². The van der Waals surface area contributed by atoms with Gasteiger partial charge in [0.1, 0.15) is 17.1 Å². The van der Waals surface area contributed by atoms with E-state index in [1.165, 1.54) is 29.1 Å². The van der Waals surface area contributed by atoms with Gasteiger partial charge in [0.05, 0.1) is 41.9 Å². The van der Waals surface area contributed by atoms with E-state index in [0.29, 0.717) is 50.4 Å². The number of carbonyl (C=O) groups excluding carboxylic acids is 1. The van der Waals surface area contributed by atoms with Crippen LogP contribution >= 0.6 is 15.9 Å². The highest BCUT2D eigenvalue weighted by Crippen LogP contribution is 2.35. The summed E-state index contributed by atoms with van der Waals surface area (Å²) < 4.78 is 38.8. The van der Waals surface area contributed by atoms with Crippen LogP contribution in [0.1, 0.15) is 12.5 Å². The Morgan fingerprint density at radius 2 is 1.78 bits per heavy atom. The largest absolute Gasteiger partial charge is 0.496 e. The lowest BCUT2D eigenvalue weighted by Gasteiger charge is -2.14. The van der Waals surface area contributed by atoms with Gasteiger partial charge in [-0.2, -0.15) is 9.78 Å². The van der Waals surface area contributed by atoms with Crippen molar-refractivity contribution in [2.75, 3.05) is 25.6 Å². The number of ether oxygens (including phenoxy) is 3. The first-order chi connectivity index (χ1) is 22.4. The van der Waals surface area contributed by atoms with Gasteiger partial charge in [-0.05, 0) is 77.5 Å². The van der Waals surface area contributed by atoms with Gasteiger partial charge in [-0.15, -0.1) is 0 Å². The highest BCUT2D eigenvalue weighted by molar-refractivity contribution is 9.10. The van der Waals surface area contributed by atoms with Crippen LogP contribution < -0.4 is 25.1 Å². The third-order valence-electron chi connectivity index (χ3n) is 6.90. The van der Waals surface area contributed by atoms with E-state index in [0.717, 1.165) is 5.39 Å². The smallest absolute Gasteiger partial charge is 0.282 e. The van der Waals surface area contributed by atoms with Crippen molar-refractivity contribution in [3.8, 4) is 28.8 Å². The molecule has 10 nitrogen and oxygen atoms in total. The minimum absolute atomic E-state index is 0.0495. The number of carbonyl (C=O) groups is 1. The van der Waals surface area contributed by atoms with Crippen LogP contribution in [0.15, 0.2) is 104 Å². The standard InChI is InChI=1S/C34H26BrFN4O6/c1-3-44-29-15-20(23(35)17-30(29)45-19-32(41)38-26-12-7-5-10-24(26)36)18-37-40-33(39-25-11-6-4-9-21(25)34(40)42)31-16-22-27(43-2)13-8-14-28(22)46-31/h4-18H,3,19H2,1-2H3,(H,38,41). The van der Waals surface area contributed by atoms with Crippen LogP contribution in [0, 0.1) is 5.82 Å². The maximum atomic E-state index is 13.9. The van der Waals surface area contributed by atoms with Gasteiger partial charge in [-0.25, -0.2) is 9.37 Å². The number of para-hydroxylation sites is 2. The summed E-state index contributed by atoms with van der Waals surface area (Å²) in [5.74, 6) is 0.640. The van der Waals surface area contributed by atoms with Gasteiger partial charge in [0.25, 0.3) is 11.5 Å². The predicted octanol–water partition coefficient (Wildman–Crippen LogP) is 7.02. The van der Waals surface area contributed by atoms with Crippen LogP contribution in [0.2, 0.25) is 0 Å². The van der Waals surface area contributed by atoms with Crippen LogP contribution in [0.3, 0.4) is 0 Å². The summed E-state index contributed by atoms with van der Waals surface area (Å²) in [4.78, 5) is 30.9. The first-order valence-corrected chi connectivity index (χ1v) is 14.9. The number of hydrogen-bond acceptors (Lipinski definition) is 8. The predicted molar refractivity (Wildman–Crippen MR) is 177 cm³/mol. The maximum Gasteiger partial charge on any atom is 0.282 e. The van der Waals surface area contributed by atoms with Crippen LogP contribution in [-0.2, 0) is 4.79 Å². The van der Waals surface area contributed by atoms with Gasteiger partial charge in [0, 0.05) is 10.0 Å². The Bertz CT molecular complexity index is 2180. The number of fused-ring (bicyclic) bond motifs is 2. The molecule has 0 spiro atoms. The molecule has 0 unspecified atom stereocenters. The van der Waals surface area contributed by atoms with E-state index >= 15 is 0 Å². The number of benzene rings is 4. The van der Waals surface area contributed by atoms with E-state index in [2.05, 4.69) is 26.3 Å². The number of rotatable bonds is 10. The van der Waals surface area contributed by atoms with Crippen molar-refractivity contribution in [1.82, 2.24) is 9.66 Å². The molecule has 2 heterocycles. The van der Waals surface area contributed by atoms with Crippen LogP contribution in [0.5, 0.6) is 17.2 Å². The van der Waals surface area contributed by atoms with Gasteiger partial charge >= 0.3 is 0 Å². The lowest BCUT2D eigenvalue weighted by atomic mass is 10.2. The molecular formula is C34H26BrFN4O6. The van der Waals surface area contributed by atoms with Crippen molar-refractivity contribution in [2.45, 2.75) is 6.92 Å². The molecular weight excluding hydrogens is 659 g/mol. The fraction of sp³-hybridized carbons (Fsp3) is 0.118. The van der Waals surface area contributed by atoms with E-state index in [1.807, 2.05) is 12.1 Å². The topological polar surface area (TPSA) is 117 Å². The third-order valence-corrected chi connectivity index (χ3v) is 7.58. The Labute approximate surface area is 270 Å². The van der Waals surface area contributed by atoms with Gasteiger partial charge in [0.15, 0.2) is 23.9 Å². The van der Waals surface area contributed by atoms with Gasteiger partial charge in [-0.3, -0.25) is 9.59 Å². The molecule has 232 valence electrons. The summed E-state index contributed by atoms with van der Waals surface area (Å²) in [5.41, 5.74) is 1.25. The molecule has 0 aliphatic carbocycles. The Morgan fingerprint density at radius 3 is 2.59 bits per heavy atom. The van der Waals surface area contributed by atoms with Crippen molar-refractivity contribution in [3.05, 3.63) is 111 Å². The molecule has 0 fully saturated rings. The average Bonchev–Trinajstić information content (AvgIpc) is 3.50. The monoisotopic (exact) mass is 684 g/mol. The summed E-state index contributed by atoms with van der Waals surface area (Å²) in [6.07, 6.45) is 1.48. The number of halogens is 2. The van der Waals surface area contributed by atoms with Crippen LogP contribution in [-0.4, -0.2) is 42.1 Å². The van der Waals surface area contributed by atoms with Crippen LogP contribution in [0.25, 0.3) is 33.5 Å². The van der Waals surface area contributed by atoms with Crippen molar-refractivity contribution in [1.29, 1.82) is 0 Å². The number of methoxy groups -OCH3 is 1. The summed E-state index contributed by atoms with van der Waals surface area (Å²) in [6.45, 7) is 1.72. The normalized spacial score (nSPS) is 11.3. The number of amides is 1. The summed E-state index contributed by atoms with van der Waals surface area (Å²) >= 11 is 3.52. The zero-order valence-corrected chi connectivity index (χ0v) is 26.2. The van der Waals surface area contributed by atoms with Crippen LogP contribution in [0.4, 0.5) is 10.1 Å². The zero-order valence-electron chi connectivity index (χ0n) is 24.6. The molecule has 6 rings (SSSR count). The summed E-state index contributed by atoms with van der Waals surface area (Å²) in [5, 5.41) is 8.12. The molecule has 0 aliphatic heterocycles. The quantitative estimate of drug-likeness (QED) is 0.154. The SMILES string of the molecule is CCOc1cc(C=Nn2c(-c3cc4c(OC)cccc4o3)nc3ccccc3c2=O)c(Br)cc1OCC(=O)Nc1ccccc1F. The van der Waals surface area contributed by atoms with Crippen molar-refractivity contribution in [2.24, 2.45) is 5.10 Å². The fourth-order valence-electron chi connectivity index (χ4n) is 4.76. The molecule has 0 saturated heterocycles. The second kappa shape index (κ2) is 13.2. The Kier molecular flexibility index (Phi) is 8.79. The molecule has 4 aromatic carbocycles. The molecule has 1 amide bonds. The number of nitrogens with zero attached hydrogens (tertiary/aromatic N) is 3. The fourth-order valence-corrected chi connectivity index (χ4v) is 5.18. The first-order valence-electron chi connectivity index (χ1n) is 14.1. The van der Waals surface area contributed by atoms with E-state index in [1.54, 1.807) is 68.6 Å². The molecule has 0 saturated carbocycles. The Balaban J connectivity index is 1.35. The first kappa shape index (κ1) is 30.5. The molecule has 0 aliphatic rings. The van der Waals surface area contributed by atoms with E-state index in [4.69, 9.17) is 23.6 Å². The molecule has 0 atom stereocenters. The zero-order chi connectivity index (χ0) is 32.2. The second-order valence-corrected chi connectivity index (χ2v) is 10.7. The molecule has 12 heteroatoms. The maximum absolute atomic E-state index is 13.9. The Hall–Kier alpha value is -5.49. The number of furan rings is 1. The molecule has 46 heavy (non-hydrogen) atoms. The Morgan fingerprint density at radius 1 is 1.00 bits per heavy atom. The minimum Gasteiger partial charge on any atom is -0.496 e. The number of nitrogens with one attached hydrogen (secondary N) is 1. The lowest BCUT2D eigenvalue weighted by Crippen LogP contribution is -2.21. The molecule has 6 aromatic rings. The molecule has 1 N–H and O–H groups in total. The van der Waals surface area contributed by atoms with Gasteiger partial charge in [-0.1, -0.05) is 30.3 Å². The van der Waals surface area contributed by atoms with Crippen molar-refractivity contribution < 1.29 is 27.8 Å². The van der Waals surface area contributed by atoms with E-state index < -0.39 is 23.9 Å². The third kappa shape index (κ3) is 6.20. The molecule has 0 bridgehead atoms. The van der Waals surface area contributed by atoms with Gasteiger partial charge in [0.2, 0.25) is 5.82 Å². The lowest BCUT2D eigenvalue weighted by molar-refractivity contribution is -0.118. The van der Waals surface area contributed by atoms with E-state index in [9.17, 15) is 14.0 Å². The number of hydrogen-bond donors (Lipinski definition) is 1. The van der Waals surface area contributed by atoms with Crippen molar-refractivity contribution >= 4 is 55.6 Å². The highest BCUT2D eigenvalue weighted by atomic mass is 79.9. The summed E-state index contributed by atoms with van der Waals surface area (Å²) in [7, 11) is 1.57. The summed E-state index contributed by atoms with van der Waals surface area (Å²) in [6, 6.07) is 23.3. The number of anilines is 1. The second-order valence-electron chi connectivity index (χ2n) is 9.87. The molecule has 0 radical (unpaired) electrons. The molecule has 2 aromatic heterocycles. The van der Waals surface area contributed by atoms with Gasteiger partial charge < -0.3 is 23.9 Å². The average molecular weight is 686 g/mol. The highest BCUT2D eigenvalue weighted by Gasteiger charge is 2.19.